The highest BCUT2D eigenvalue weighted by molar-refractivity contribution is 7.18. The SMILES string of the molecule is O=C1C2CC=CCC2C(=O)N1c1nnc(-c2ccccc2)s1. The first kappa shape index (κ1) is 13.3. The second-order valence-electron chi connectivity index (χ2n) is 5.42. The van der Waals surface area contributed by atoms with Gasteiger partial charge in [-0.3, -0.25) is 9.59 Å². The summed E-state index contributed by atoms with van der Waals surface area (Å²) < 4.78 is 0. The highest BCUT2D eigenvalue weighted by Crippen LogP contribution is 2.39. The van der Waals surface area contributed by atoms with Crippen molar-refractivity contribution >= 4 is 28.3 Å². The molecular formula is C16H13N3O2S. The fraction of sp³-hybridized carbons (Fsp3) is 0.250. The predicted molar refractivity (Wildman–Crippen MR) is 83.2 cm³/mol. The van der Waals surface area contributed by atoms with Crippen molar-refractivity contribution in [1.29, 1.82) is 0 Å². The molecule has 5 nitrogen and oxygen atoms in total. The molecule has 2 amide bonds. The summed E-state index contributed by atoms with van der Waals surface area (Å²) >= 11 is 1.28. The van der Waals surface area contributed by atoms with Crippen molar-refractivity contribution in [2.24, 2.45) is 11.8 Å². The number of carbonyl (C=O) groups is 2. The number of allylic oxidation sites excluding steroid dienone is 2. The van der Waals surface area contributed by atoms with E-state index in [-0.39, 0.29) is 23.7 Å². The lowest BCUT2D eigenvalue weighted by atomic mass is 9.85. The lowest BCUT2D eigenvalue weighted by molar-refractivity contribution is -0.122. The Hall–Kier alpha value is -2.34. The predicted octanol–water partition coefficient (Wildman–Crippen LogP) is 2.66. The van der Waals surface area contributed by atoms with Gasteiger partial charge in [-0.05, 0) is 12.8 Å². The highest BCUT2D eigenvalue weighted by atomic mass is 32.1. The zero-order chi connectivity index (χ0) is 15.1. The number of hydrogen-bond donors (Lipinski definition) is 0. The first-order chi connectivity index (χ1) is 10.8. The molecule has 4 rings (SSSR count). The van der Waals surface area contributed by atoms with Crippen LogP contribution in [0.1, 0.15) is 12.8 Å². The van der Waals surface area contributed by atoms with Gasteiger partial charge in [-0.1, -0.05) is 53.8 Å². The minimum absolute atomic E-state index is 0.143. The van der Waals surface area contributed by atoms with E-state index in [4.69, 9.17) is 0 Å². The van der Waals surface area contributed by atoms with E-state index >= 15 is 0 Å². The number of anilines is 1. The van der Waals surface area contributed by atoms with Crippen molar-refractivity contribution in [1.82, 2.24) is 10.2 Å². The molecule has 1 aliphatic carbocycles. The van der Waals surface area contributed by atoms with Gasteiger partial charge >= 0.3 is 0 Å². The van der Waals surface area contributed by atoms with Crippen LogP contribution in [0.15, 0.2) is 42.5 Å². The van der Waals surface area contributed by atoms with E-state index in [1.54, 1.807) is 0 Å². The number of imide groups is 1. The van der Waals surface area contributed by atoms with E-state index in [0.717, 1.165) is 5.56 Å². The summed E-state index contributed by atoms with van der Waals surface area (Å²) in [6.45, 7) is 0. The molecule has 2 unspecified atom stereocenters. The number of fused-ring (bicyclic) bond motifs is 1. The smallest absolute Gasteiger partial charge is 0.239 e. The lowest BCUT2D eigenvalue weighted by Gasteiger charge is -2.14. The molecule has 1 aromatic heterocycles. The monoisotopic (exact) mass is 311 g/mol. The third-order valence-electron chi connectivity index (χ3n) is 4.13. The van der Waals surface area contributed by atoms with Crippen LogP contribution in [0.4, 0.5) is 5.13 Å². The topological polar surface area (TPSA) is 63.2 Å². The van der Waals surface area contributed by atoms with Gasteiger partial charge in [0.05, 0.1) is 11.8 Å². The first-order valence-corrected chi connectivity index (χ1v) is 7.99. The molecule has 1 fully saturated rings. The fourth-order valence-electron chi connectivity index (χ4n) is 2.99. The minimum atomic E-state index is -0.235. The summed E-state index contributed by atoms with van der Waals surface area (Å²) in [5.74, 6) is -0.756. The molecule has 1 saturated heterocycles. The third-order valence-corrected chi connectivity index (χ3v) is 5.09. The Morgan fingerprint density at radius 2 is 1.59 bits per heavy atom. The van der Waals surface area contributed by atoms with Gasteiger partial charge in [-0.15, -0.1) is 10.2 Å². The molecule has 0 saturated carbocycles. The van der Waals surface area contributed by atoms with Gasteiger partial charge in [-0.25, -0.2) is 4.90 Å². The van der Waals surface area contributed by atoms with Gasteiger partial charge in [0, 0.05) is 5.56 Å². The van der Waals surface area contributed by atoms with Crippen LogP contribution >= 0.6 is 11.3 Å². The average molecular weight is 311 g/mol. The van der Waals surface area contributed by atoms with Gasteiger partial charge in [0.25, 0.3) is 0 Å². The summed E-state index contributed by atoms with van der Waals surface area (Å²) in [4.78, 5) is 26.2. The van der Waals surface area contributed by atoms with E-state index < -0.39 is 0 Å². The molecule has 1 aromatic carbocycles. The Morgan fingerprint density at radius 1 is 0.955 bits per heavy atom. The maximum atomic E-state index is 12.5. The van der Waals surface area contributed by atoms with Crippen LogP contribution in [-0.4, -0.2) is 22.0 Å². The van der Waals surface area contributed by atoms with Gasteiger partial charge in [0.15, 0.2) is 0 Å². The number of carbonyl (C=O) groups excluding carboxylic acids is 2. The summed E-state index contributed by atoms with van der Waals surface area (Å²) in [5.41, 5.74) is 0.935. The van der Waals surface area contributed by atoms with Crippen LogP contribution in [0, 0.1) is 11.8 Å². The van der Waals surface area contributed by atoms with Gasteiger partial charge in [0.1, 0.15) is 5.01 Å². The van der Waals surface area contributed by atoms with Crippen LogP contribution in [0.3, 0.4) is 0 Å². The number of aromatic nitrogens is 2. The van der Waals surface area contributed by atoms with Crippen LogP contribution < -0.4 is 4.90 Å². The van der Waals surface area contributed by atoms with Gasteiger partial charge in [-0.2, -0.15) is 0 Å². The van der Waals surface area contributed by atoms with Crippen molar-refractivity contribution in [3.05, 3.63) is 42.5 Å². The van der Waals surface area contributed by atoms with Crippen LogP contribution in [0.5, 0.6) is 0 Å². The van der Waals surface area contributed by atoms with Gasteiger partial charge < -0.3 is 0 Å². The fourth-order valence-corrected chi connectivity index (χ4v) is 3.85. The van der Waals surface area contributed by atoms with Crippen molar-refractivity contribution in [2.45, 2.75) is 12.8 Å². The molecule has 2 aliphatic rings. The Labute approximate surface area is 131 Å². The molecular weight excluding hydrogens is 298 g/mol. The summed E-state index contributed by atoms with van der Waals surface area (Å²) in [7, 11) is 0. The third kappa shape index (κ3) is 1.99. The number of benzene rings is 1. The number of rotatable bonds is 2. The van der Waals surface area contributed by atoms with Crippen LogP contribution in [0.25, 0.3) is 10.6 Å². The standard InChI is InChI=1S/C16H13N3O2S/c20-14-11-8-4-5-9-12(11)15(21)19(14)16-18-17-13(22-16)10-6-2-1-3-7-10/h1-7,11-12H,8-9H2. The second-order valence-corrected chi connectivity index (χ2v) is 6.38. The lowest BCUT2D eigenvalue weighted by Crippen LogP contribution is -2.30. The Morgan fingerprint density at radius 3 is 2.23 bits per heavy atom. The van der Waals surface area contributed by atoms with Crippen LogP contribution in [-0.2, 0) is 9.59 Å². The quantitative estimate of drug-likeness (QED) is 0.632. The number of hydrogen-bond acceptors (Lipinski definition) is 5. The van der Waals surface area contributed by atoms with Crippen molar-refractivity contribution in [2.75, 3.05) is 4.90 Å². The molecule has 1 aliphatic heterocycles. The zero-order valence-electron chi connectivity index (χ0n) is 11.7. The van der Waals surface area contributed by atoms with E-state index in [2.05, 4.69) is 10.2 Å². The number of amides is 2. The van der Waals surface area contributed by atoms with Crippen molar-refractivity contribution < 1.29 is 9.59 Å². The Bertz CT molecular complexity index is 743. The molecule has 0 bridgehead atoms. The Kier molecular flexibility index (Phi) is 3.11. The molecule has 2 aromatic rings. The van der Waals surface area contributed by atoms with E-state index in [0.29, 0.717) is 23.0 Å². The normalized spacial score (nSPS) is 23.9. The van der Waals surface area contributed by atoms with E-state index in [9.17, 15) is 9.59 Å². The van der Waals surface area contributed by atoms with Crippen molar-refractivity contribution in [3.8, 4) is 10.6 Å². The molecule has 6 heteroatoms. The van der Waals surface area contributed by atoms with E-state index in [1.165, 1.54) is 16.2 Å². The summed E-state index contributed by atoms with van der Waals surface area (Å²) in [6.07, 6.45) is 5.23. The van der Waals surface area contributed by atoms with Gasteiger partial charge in [0.2, 0.25) is 16.9 Å². The molecule has 0 N–H and O–H groups in total. The van der Waals surface area contributed by atoms with Crippen LogP contribution in [0.2, 0.25) is 0 Å². The molecule has 0 spiro atoms. The highest BCUT2D eigenvalue weighted by Gasteiger charge is 2.49. The largest absolute Gasteiger partial charge is 0.274 e. The maximum Gasteiger partial charge on any atom is 0.239 e. The van der Waals surface area contributed by atoms with Crippen molar-refractivity contribution in [3.63, 3.8) is 0 Å². The molecule has 0 radical (unpaired) electrons. The zero-order valence-corrected chi connectivity index (χ0v) is 12.5. The summed E-state index contributed by atoms with van der Waals surface area (Å²) in [5, 5.41) is 9.28. The Balaban J connectivity index is 1.67. The number of nitrogens with zero attached hydrogens (tertiary/aromatic N) is 3. The van der Waals surface area contributed by atoms with E-state index in [1.807, 2.05) is 42.5 Å². The summed E-state index contributed by atoms with van der Waals surface area (Å²) in [6, 6.07) is 9.63. The maximum absolute atomic E-state index is 12.5. The molecule has 2 heterocycles. The molecule has 22 heavy (non-hydrogen) atoms. The average Bonchev–Trinajstić information content (AvgIpc) is 3.13. The minimum Gasteiger partial charge on any atom is -0.274 e. The second kappa shape index (κ2) is 5.14. The molecule has 2 atom stereocenters. The molecule has 110 valence electrons. The first-order valence-electron chi connectivity index (χ1n) is 7.17.